The van der Waals surface area contributed by atoms with Crippen LogP contribution < -0.4 is 19.9 Å². The molecule has 3 aliphatic rings. The Bertz CT molecular complexity index is 1300. The molecule has 0 bridgehead atoms. The van der Waals surface area contributed by atoms with Crippen molar-refractivity contribution in [3.63, 3.8) is 0 Å². The molecule has 9 heteroatoms. The Morgan fingerprint density at radius 2 is 1.92 bits per heavy atom. The van der Waals surface area contributed by atoms with E-state index in [1.165, 1.54) is 17.4 Å². The van der Waals surface area contributed by atoms with Crippen LogP contribution in [0.3, 0.4) is 0 Å². The lowest BCUT2D eigenvalue weighted by Gasteiger charge is -2.36. The normalized spacial score (nSPS) is 19.8. The fourth-order valence-electron chi connectivity index (χ4n) is 5.87. The Morgan fingerprint density at radius 1 is 1.08 bits per heavy atom. The molecule has 0 saturated carbocycles. The number of nitrogens with one attached hydrogen (secondary N) is 1. The summed E-state index contributed by atoms with van der Waals surface area (Å²) in [6.07, 6.45) is 7.01. The van der Waals surface area contributed by atoms with Crippen molar-refractivity contribution in [1.82, 2.24) is 20.2 Å². The minimum atomic E-state index is 0. The zero-order valence-corrected chi connectivity index (χ0v) is 22.1. The van der Waals surface area contributed by atoms with Gasteiger partial charge in [0.05, 0.1) is 11.9 Å². The van der Waals surface area contributed by atoms with E-state index in [9.17, 15) is 5.26 Å². The molecule has 6 rings (SSSR count). The molecule has 0 radical (unpaired) electrons. The largest absolute Gasteiger partial charge is 0.475 e. The number of nitriles is 1. The van der Waals surface area contributed by atoms with Crippen molar-refractivity contribution in [3.05, 3.63) is 53.3 Å². The number of benzene rings is 1. The van der Waals surface area contributed by atoms with Crippen molar-refractivity contribution in [2.24, 2.45) is 0 Å². The number of halogens is 1. The SMILES string of the molecule is CN1CCCC1COc1nc(N2CCNCC2)c2c(c1C#N)CN(c1cncc3ccccc13)CC2.Cl. The van der Waals surface area contributed by atoms with Gasteiger partial charge in [-0.2, -0.15) is 10.2 Å². The Labute approximate surface area is 224 Å². The number of hydrogen-bond donors (Lipinski definition) is 1. The number of ether oxygens (including phenoxy) is 1. The monoisotopic (exact) mass is 519 g/mol. The summed E-state index contributed by atoms with van der Waals surface area (Å²) in [6, 6.07) is 11.2. The smallest absolute Gasteiger partial charge is 0.234 e. The molecule has 2 fully saturated rings. The average molecular weight is 520 g/mol. The Kier molecular flexibility index (Phi) is 7.65. The van der Waals surface area contributed by atoms with Gasteiger partial charge in [-0.15, -0.1) is 12.4 Å². The van der Waals surface area contributed by atoms with Crippen LogP contribution in [-0.4, -0.2) is 73.8 Å². The Hall–Kier alpha value is -3.12. The zero-order chi connectivity index (χ0) is 24.5. The van der Waals surface area contributed by atoms with E-state index in [0.717, 1.165) is 74.6 Å². The third kappa shape index (κ3) is 4.91. The lowest BCUT2D eigenvalue weighted by atomic mass is 9.95. The van der Waals surface area contributed by atoms with Gasteiger partial charge in [-0.1, -0.05) is 24.3 Å². The van der Waals surface area contributed by atoms with Gasteiger partial charge in [0.1, 0.15) is 24.1 Å². The van der Waals surface area contributed by atoms with E-state index in [1.807, 2.05) is 18.5 Å². The first kappa shape index (κ1) is 25.5. The fourth-order valence-corrected chi connectivity index (χ4v) is 5.87. The number of likely N-dealkylation sites (N-methyl/N-ethyl adjacent to an activating group) is 1. The van der Waals surface area contributed by atoms with Crippen molar-refractivity contribution in [3.8, 4) is 11.9 Å². The van der Waals surface area contributed by atoms with Crippen molar-refractivity contribution >= 4 is 34.7 Å². The molecule has 0 amide bonds. The average Bonchev–Trinajstić information content (AvgIpc) is 3.35. The maximum Gasteiger partial charge on any atom is 0.234 e. The second-order valence-electron chi connectivity index (χ2n) is 10.1. The van der Waals surface area contributed by atoms with Gasteiger partial charge in [-0.3, -0.25) is 4.98 Å². The van der Waals surface area contributed by atoms with Crippen LogP contribution in [0.4, 0.5) is 11.5 Å². The van der Waals surface area contributed by atoms with Crippen LogP contribution in [0.5, 0.6) is 5.88 Å². The highest BCUT2D eigenvalue weighted by Gasteiger charge is 2.30. The summed E-state index contributed by atoms with van der Waals surface area (Å²) >= 11 is 0. The van der Waals surface area contributed by atoms with E-state index in [4.69, 9.17) is 9.72 Å². The molecule has 3 aliphatic heterocycles. The molecule has 1 aromatic carbocycles. The number of anilines is 2. The van der Waals surface area contributed by atoms with E-state index in [0.29, 0.717) is 30.6 Å². The van der Waals surface area contributed by atoms with Crippen LogP contribution in [-0.2, 0) is 13.0 Å². The molecule has 3 aromatic rings. The van der Waals surface area contributed by atoms with Crippen LogP contribution in [0.25, 0.3) is 10.8 Å². The lowest BCUT2D eigenvalue weighted by molar-refractivity contribution is 0.193. The van der Waals surface area contributed by atoms with Crippen molar-refractivity contribution in [1.29, 1.82) is 5.26 Å². The van der Waals surface area contributed by atoms with E-state index in [1.54, 1.807) is 0 Å². The predicted octanol–water partition coefficient (Wildman–Crippen LogP) is 3.37. The van der Waals surface area contributed by atoms with Gasteiger partial charge >= 0.3 is 0 Å². The highest BCUT2D eigenvalue weighted by atomic mass is 35.5. The Morgan fingerprint density at radius 3 is 2.70 bits per heavy atom. The first-order chi connectivity index (χ1) is 17.7. The van der Waals surface area contributed by atoms with Crippen molar-refractivity contribution in [2.45, 2.75) is 31.8 Å². The van der Waals surface area contributed by atoms with Crippen LogP contribution in [0.15, 0.2) is 36.7 Å². The number of piperazine rings is 1. The third-order valence-electron chi connectivity index (χ3n) is 7.94. The quantitative estimate of drug-likeness (QED) is 0.549. The first-order valence-corrected chi connectivity index (χ1v) is 13.0. The summed E-state index contributed by atoms with van der Waals surface area (Å²) in [4.78, 5) is 16.6. The number of rotatable bonds is 5. The van der Waals surface area contributed by atoms with Gasteiger partial charge in [-0.05, 0) is 32.9 Å². The standard InChI is InChI=1S/C28H33N7O.ClH/c1-33-11-4-6-21(33)19-36-28-24(15-29)25-18-35(26-17-31-16-20-5-2-3-7-22(20)26)12-8-23(25)27(32-28)34-13-9-30-10-14-34;/h2-3,5,7,16-17,21,30H,4,6,8-14,18-19H2,1H3;1H. The second-order valence-corrected chi connectivity index (χ2v) is 10.1. The summed E-state index contributed by atoms with van der Waals surface area (Å²) in [6.45, 7) is 6.86. The van der Waals surface area contributed by atoms with Crippen LogP contribution >= 0.6 is 12.4 Å². The molecule has 0 aliphatic carbocycles. The van der Waals surface area contributed by atoms with Gasteiger partial charge in [-0.25, -0.2) is 0 Å². The Balaban J connectivity index is 0.00000280. The van der Waals surface area contributed by atoms with Crippen LogP contribution in [0, 0.1) is 11.3 Å². The summed E-state index contributed by atoms with van der Waals surface area (Å²) in [7, 11) is 2.15. The number of likely N-dealkylation sites (tertiary alicyclic amines) is 1. The zero-order valence-electron chi connectivity index (χ0n) is 21.3. The van der Waals surface area contributed by atoms with Gasteiger partial charge in [0.25, 0.3) is 0 Å². The molecule has 1 N–H and O–H groups in total. The summed E-state index contributed by atoms with van der Waals surface area (Å²) in [5.41, 5.74) is 3.94. The minimum absolute atomic E-state index is 0. The number of pyridine rings is 2. The second kappa shape index (κ2) is 11.1. The summed E-state index contributed by atoms with van der Waals surface area (Å²) in [5, 5.41) is 16.1. The number of aromatic nitrogens is 2. The molecule has 194 valence electrons. The molecule has 1 atom stereocenters. The molecule has 8 nitrogen and oxygen atoms in total. The topological polar surface area (TPSA) is 80.5 Å². The molecule has 2 aromatic heterocycles. The van der Waals surface area contributed by atoms with Crippen LogP contribution in [0.1, 0.15) is 29.5 Å². The van der Waals surface area contributed by atoms with E-state index >= 15 is 0 Å². The molecule has 2 saturated heterocycles. The summed E-state index contributed by atoms with van der Waals surface area (Å²) < 4.78 is 6.34. The summed E-state index contributed by atoms with van der Waals surface area (Å²) in [5.74, 6) is 1.49. The highest BCUT2D eigenvalue weighted by molar-refractivity contribution is 5.93. The van der Waals surface area contributed by atoms with Gasteiger partial charge < -0.3 is 24.8 Å². The van der Waals surface area contributed by atoms with E-state index in [2.05, 4.69) is 56.3 Å². The molecular weight excluding hydrogens is 486 g/mol. The molecule has 1 unspecified atom stereocenters. The van der Waals surface area contributed by atoms with Gasteiger partial charge in [0.15, 0.2) is 0 Å². The first-order valence-electron chi connectivity index (χ1n) is 13.0. The fraction of sp³-hybridized carbons (Fsp3) is 0.464. The van der Waals surface area contributed by atoms with Crippen LogP contribution in [0.2, 0.25) is 0 Å². The van der Waals surface area contributed by atoms with E-state index < -0.39 is 0 Å². The number of hydrogen-bond acceptors (Lipinski definition) is 8. The number of nitrogens with zero attached hydrogens (tertiary/aromatic N) is 6. The predicted molar refractivity (Wildman–Crippen MR) is 149 cm³/mol. The third-order valence-corrected chi connectivity index (χ3v) is 7.94. The van der Waals surface area contributed by atoms with Gasteiger partial charge in [0.2, 0.25) is 5.88 Å². The van der Waals surface area contributed by atoms with Crippen molar-refractivity contribution < 1.29 is 4.74 Å². The molecule has 5 heterocycles. The van der Waals surface area contributed by atoms with Gasteiger partial charge in [0, 0.05) is 73.4 Å². The lowest BCUT2D eigenvalue weighted by Crippen LogP contribution is -2.45. The number of fused-ring (bicyclic) bond motifs is 2. The van der Waals surface area contributed by atoms with E-state index in [-0.39, 0.29) is 12.4 Å². The maximum atomic E-state index is 10.3. The maximum absolute atomic E-state index is 10.3. The highest BCUT2D eigenvalue weighted by Crippen LogP contribution is 2.38. The molecule has 37 heavy (non-hydrogen) atoms. The molecule has 0 spiro atoms. The molecular formula is C28H34ClN7O. The minimum Gasteiger partial charge on any atom is -0.475 e. The van der Waals surface area contributed by atoms with Crippen molar-refractivity contribution in [2.75, 3.05) is 62.7 Å².